The molecule has 0 aromatic heterocycles. The van der Waals surface area contributed by atoms with Gasteiger partial charge in [-0.2, -0.15) is 0 Å². The molecule has 26 heavy (non-hydrogen) atoms. The highest BCUT2D eigenvalue weighted by Crippen LogP contribution is 2.28. The predicted molar refractivity (Wildman–Crippen MR) is 102 cm³/mol. The lowest BCUT2D eigenvalue weighted by molar-refractivity contribution is -0.115. The smallest absolute Gasteiger partial charge is 0.261 e. The lowest BCUT2D eigenvalue weighted by atomic mass is 10.1. The molecule has 0 bridgehead atoms. The van der Waals surface area contributed by atoms with Crippen LogP contribution in [0.15, 0.2) is 47.4 Å². The topological polar surface area (TPSA) is 78.5 Å². The lowest BCUT2D eigenvalue weighted by Gasteiger charge is -2.29. The van der Waals surface area contributed by atoms with Crippen LogP contribution in [0.25, 0.3) is 0 Å². The monoisotopic (exact) mass is 371 g/mol. The zero-order chi connectivity index (χ0) is 18.1. The SMILES string of the molecule is O=C1Cc2cc(S(=O)(=O)Nc3cccc(N4CCCCC4)c3)ccc2N1. The average Bonchev–Trinajstić information content (AvgIpc) is 3.01. The molecule has 6 nitrogen and oxygen atoms in total. The standard InChI is InChI=1S/C19H21N3O3S/c23-19-12-14-11-17(7-8-18(14)20-19)26(24,25)21-15-5-4-6-16(13-15)22-9-2-1-3-10-22/h4-8,11,13,21H,1-3,9-10,12H2,(H,20,23). The molecule has 2 heterocycles. The maximum Gasteiger partial charge on any atom is 0.261 e. The Kier molecular flexibility index (Phi) is 4.32. The summed E-state index contributed by atoms with van der Waals surface area (Å²) in [6, 6.07) is 12.2. The van der Waals surface area contributed by atoms with Gasteiger partial charge in [0.05, 0.1) is 17.0 Å². The van der Waals surface area contributed by atoms with E-state index in [-0.39, 0.29) is 17.2 Å². The lowest BCUT2D eigenvalue weighted by Crippen LogP contribution is -2.29. The second-order valence-corrected chi connectivity index (χ2v) is 8.43. The largest absolute Gasteiger partial charge is 0.371 e. The fourth-order valence-corrected chi connectivity index (χ4v) is 4.60. The molecular weight excluding hydrogens is 350 g/mol. The molecule has 0 unspecified atom stereocenters. The number of piperidine rings is 1. The Bertz CT molecular complexity index is 950. The second kappa shape index (κ2) is 6.64. The Balaban J connectivity index is 1.56. The van der Waals surface area contributed by atoms with Crippen molar-refractivity contribution in [2.45, 2.75) is 30.6 Å². The van der Waals surface area contributed by atoms with Gasteiger partial charge in [-0.3, -0.25) is 9.52 Å². The second-order valence-electron chi connectivity index (χ2n) is 6.75. The number of hydrogen-bond donors (Lipinski definition) is 2. The Labute approximate surface area is 153 Å². The molecule has 7 heteroatoms. The van der Waals surface area contributed by atoms with Gasteiger partial charge in [-0.1, -0.05) is 6.07 Å². The first-order valence-corrected chi connectivity index (χ1v) is 10.3. The third-order valence-electron chi connectivity index (χ3n) is 4.83. The minimum absolute atomic E-state index is 0.114. The van der Waals surface area contributed by atoms with Crippen LogP contribution in [-0.4, -0.2) is 27.4 Å². The van der Waals surface area contributed by atoms with Crippen LogP contribution in [0, 0.1) is 0 Å². The summed E-state index contributed by atoms with van der Waals surface area (Å²) in [7, 11) is -3.71. The first kappa shape index (κ1) is 16.9. The van der Waals surface area contributed by atoms with Gasteiger partial charge < -0.3 is 10.2 Å². The zero-order valence-electron chi connectivity index (χ0n) is 14.4. The maximum absolute atomic E-state index is 12.7. The number of amides is 1. The number of sulfonamides is 1. The Hall–Kier alpha value is -2.54. The van der Waals surface area contributed by atoms with Crippen LogP contribution >= 0.6 is 0 Å². The van der Waals surface area contributed by atoms with Crippen molar-refractivity contribution in [1.82, 2.24) is 0 Å². The van der Waals surface area contributed by atoms with Gasteiger partial charge >= 0.3 is 0 Å². The molecule has 2 aliphatic rings. The number of nitrogens with one attached hydrogen (secondary N) is 2. The summed E-state index contributed by atoms with van der Waals surface area (Å²) in [5.41, 5.74) is 2.97. The normalized spacial score (nSPS) is 16.9. The van der Waals surface area contributed by atoms with E-state index >= 15 is 0 Å². The minimum Gasteiger partial charge on any atom is -0.371 e. The van der Waals surface area contributed by atoms with Crippen LogP contribution in [0.4, 0.5) is 17.1 Å². The van der Waals surface area contributed by atoms with E-state index in [4.69, 9.17) is 0 Å². The molecular formula is C19H21N3O3S. The molecule has 4 rings (SSSR count). The van der Waals surface area contributed by atoms with Crippen molar-refractivity contribution >= 4 is 33.0 Å². The predicted octanol–water partition coefficient (Wildman–Crippen LogP) is 2.97. The molecule has 2 aromatic carbocycles. The first-order valence-electron chi connectivity index (χ1n) is 8.82. The molecule has 2 aromatic rings. The van der Waals surface area contributed by atoms with Gasteiger partial charge in [0.2, 0.25) is 5.91 Å². The molecule has 1 fully saturated rings. The van der Waals surface area contributed by atoms with Gasteiger partial charge in [0.25, 0.3) is 10.0 Å². The Morgan fingerprint density at radius 2 is 1.81 bits per heavy atom. The number of rotatable bonds is 4. The summed E-state index contributed by atoms with van der Waals surface area (Å²) in [6.07, 6.45) is 3.79. The van der Waals surface area contributed by atoms with Crippen LogP contribution in [-0.2, 0) is 21.2 Å². The van der Waals surface area contributed by atoms with E-state index in [2.05, 4.69) is 14.9 Å². The van der Waals surface area contributed by atoms with Crippen LogP contribution in [0.3, 0.4) is 0 Å². The number of hydrogen-bond acceptors (Lipinski definition) is 4. The fourth-order valence-electron chi connectivity index (χ4n) is 3.51. The van der Waals surface area contributed by atoms with Crippen LogP contribution < -0.4 is 14.9 Å². The summed E-state index contributed by atoms with van der Waals surface area (Å²) in [5, 5.41) is 2.71. The van der Waals surface area contributed by atoms with Gasteiger partial charge in [-0.05, 0) is 61.2 Å². The highest BCUT2D eigenvalue weighted by Gasteiger charge is 2.22. The van der Waals surface area contributed by atoms with E-state index in [1.54, 1.807) is 18.2 Å². The summed E-state index contributed by atoms with van der Waals surface area (Å²) in [5.74, 6) is -0.114. The van der Waals surface area contributed by atoms with Crippen LogP contribution in [0.1, 0.15) is 24.8 Å². The van der Waals surface area contributed by atoms with Gasteiger partial charge in [-0.15, -0.1) is 0 Å². The van der Waals surface area contributed by atoms with E-state index in [1.165, 1.54) is 12.5 Å². The number of fused-ring (bicyclic) bond motifs is 1. The quantitative estimate of drug-likeness (QED) is 0.866. The van der Waals surface area contributed by atoms with Crippen molar-refractivity contribution in [1.29, 1.82) is 0 Å². The zero-order valence-corrected chi connectivity index (χ0v) is 15.2. The van der Waals surface area contributed by atoms with Gasteiger partial charge in [0.1, 0.15) is 0 Å². The van der Waals surface area contributed by atoms with E-state index in [9.17, 15) is 13.2 Å². The number of benzene rings is 2. The number of carbonyl (C=O) groups excluding carboxylic acids is 1. The summed E-state index contributed by atoms with van der Waals surface area (Å²) in [4.78, 5) is 13.9. The number of carbonyl (C=O) groups is 1. The highest BCUT2D eigenvalue weighted by molar-refractivity contribution is 7.92. The van der Waals surface area contributed by atoms with Crippen molar-refractivity contribution in [2.75, 3.05) is 28.0 Å². The summed E-state index contributed by atoms with van der Waals surface area (Å²) >= 11 is 0. The van der Waals surface area contributed by atoms with Gasteiger partial charge in [0, 0.05) is 24.5 Å². The molecule has 2 N–H and O–H groups in total. The van der Waals surface area contributed by atoms with Crippen molar-refractivity contribution < 1.29 is 13.2 Å². The van der Waals surface area contributed by atoms with Crippen molar-refractivity contribution in [3.63, 3.8) is 0 Å². The van der Waals surface area contributed by atoms with Gasteiger partial charge in [-0.25, -0.2) is 8.42 Å². The highest BCUT2D eigenvalue weighted by atomic mass is 32.2. The minimum atomic E-state index is -3.71. The third kappa shape index (κ3) is 3.39. The molecule has 1 saturated heterocycles. The molecule has 0 atom stereocenters. The summed E-state index contributed by atoms with van der Waals surface area (Å²) in [6.45, 7) is 2.00. The molecule has 136 valence electrons. The fraction of sp³-hybridized carbons (Fsp3) is 0.316. The Morgan fingerprint density at radius 3 is 2.62 bits per heavy atom. The molecule has 0 spiro atoms. The number of nitrogens with zero attached hydrogens (tertiary/aromatic N) is 1. The first-order chi connectivity index (χ1) is 12.5. The third-order valence-corrected chi connectivity index (χ3v) is 6.21. The van der Waals surface area contributed by atoms with E-state index in [1.807, 2.05) is 18.2 Å². The summed E-state index contributed by atoms with van der Waals surface area (Å²) < 4.78 is 28.1. The van der Waals surface area contributed by atoms with E-state index < -0.39 is 10.0 Å². The average molecular weight is 371 g/mol. The molecule has 0 radical (unpaired) electrons. The van der Waals surface area contributed by atoms with E-state index in [0.717, 1.165) is 31.6 Å². The molecule has 0 aliphatic carbocycles. The van der Waals surface area contributed by atoms with Crippen molar-refractivity contribution in [3.8, 4) is 0 Å². The van der Waals surface area contributed by atoms with Gasteiger partial charge in [0.15, 0.2) is 0 Å². The molecule has 1 amide bonds. The maximum atomic E-state index is 12.7. The molecule has 0 saturated carbocycles. The van der Waals surface area contributed by atoms with Crippen molar-refractivity contribution in [3.05, 3.63) is 48.0 Å². The molecule has 2 aliphatic heterocycles. The van der Waals surface area contributed by atoms with Crippen molar-refractivity contribution in [2.24, 2.45) is 0 Å². The van der Waals surface area contributed by atoms with Crippen LogP contribution in [0.5, 0.6) is 0 Å². The van der Waals surface area contributed by atoms with Crippen LogP contribution in [0.2, 0.25) is 0 Å². The number of anilines is 3. The Morgan fingerprint density at radius 1 is 1.00 bits per heavy atom. The van der Waals surface area contributed by atoms with E-state index in [0.29, 0.717) is 16.9 Å².